The number of carbonyl (C=O) groups excluding carboxylic acids is 1. The number of methoxy groups -OCH3 is 2. The zero-order valence-electron chi connectivity index (χ0n) is 15.3. The number of benzene rings is 1. The van der Waals surface area contributed by atoms with E-state index in [9.17, 15) is 4.79 Å². The lowest BCUT2D eigenvalue weighted by Gasteiger charge is -2.14. The minimum absolute atomic E-state index is 0.231. The fraction of sp³-hybridized carbons (Fsp3) is 0.278. The summed E-state index contributed by atoms with van der Waals surface area (Å²) in [6.07, 6.45) is 1.55. The number of furan rings is 1. The van der Waals surface area contributed by atoms with Crippen LogP contribution in [-0.2, 0) is 4.79 Å². The number of anilines is 1. The molecule has 2 heterocycles. The number of aryl methyl sites for hydroxylation is 1. The molecule has 9 heteroatoms. The number of amides is 1. The Labute approximate surface area is 160 Å². The molecular formula is C18H19N3O5S. The molecule has 0 saturated heterocycles. The minimum Gasteiger partial charge on any atom is -0.497 e. The van der Waals surface area contributed by atoms with Crippen LogP contribution in [0.15, 0.2) is 44.6 Å². The maximum absolute atomic E-state index is 12.5. The summed E-state index contributed by atoms with van der Waals surface area (Å²) in [5, 5.41) is 10.6. The molecule has 0 spiro atoms. The van der Waals surface area contributed by atoms with E-state index in [0.717, 1.165) is 17.3 Å². The normalized spacial score (nSPS) is 11.9. The minimum atomic E-state index is -0.473. The van der Waals surface area contributed by atoms with Gasteiger partial charge in [-0.1, -0.05) is 11.8 Å². The van der Waals surface area contributed by atoms with Crippen LogP contribution < -0.4 is 14.8 Å². The lowest BCUT2D eigenvalue weighted by atomic mass is 10.2. The first-order valence-electron chi connectivity index (χ1n) is 8.09. The van der Waals surface area contributed by atoms with Crippen molar-refractivity contribution in [1.82, 2.24) is 10.2 Å². The van der Waals surface area contributed by atoms with E-state index < -0.39 is 5.25 Å². The average molecular weight is 389 g/mol. The number of carbonyl (C=O) groups is 1. The standard InChI is InChI=1S/C18H19N3O5S/c1-10-13(7-8-25-10)17-20-21-18(26-17)27-11(2)16(22)19-14-9-12(23-3)5-6-15(14)24-4/h5-9,11H,1-4H3,(H,19,22)/t11-/m1/s1. The highest BCUT2D eigenvalue weighted by molar-refractivity contribution is 8.00. The van der Waals surface area contributed by atoms with Crippen LogP contribution in [0.1, 0.15) is 12.7 Å². The Morgan fingerprint density at radius 1 is 1.22 bits per heavy atom. The van der Waals surface area contributed by atoms with Gasteiger partial charge in [-0.2, -0.15) is 0 Å². The van der Waals surface area contributed by atoms with Gasteiger partial charge in [0.1, 0.15) is 17.3 Å². The van der Waals surface area contributed by atoms with E-state index in [1.807, 2.05) is 6.92 Å². The van der Waals surface area contributed by atoms with Crippen LogP contribution >= 0.6 is 11.8 Å². The van der Waals surface area contributed by atoms with Crippen molar-refractivity contribution in [2.24, 2.45) is 0 Å². The Kier molecular flexibility index (Phi) is 5.70. The lowest BCUT2D eigenvalue weighted by molar-refractivity contribution is -0.115. The van der Waals surface area contributed by atoms with Crippen LogP contribution in [0.25, 0.3) is 11.5 Å². The second-order valence-electron chi connectivity index (χ2n) is 5.58. The summed E-state index contributed by atoms with van der Waals surface area (Å²) in [5.74, 6) is 1.96. The summed E-state index contributed by atoms with van der Waals surface area (Å²) in [6.45, 7) is 3.56. The highest BCUT2D eigenvalue weighted by Crippen LogP contribution is 2.31. The van der Waals surface area contributed by atoms with Gasteiger partial charge >= 0.3 is 0 Å². The first-order valence-corrected chi connectivity index (χ1v) is 8.97. The number of ether oxygens (including phenoxy) is 2. The van der Waals surface area contributed by atoms with Crippen molar-refractivity contribution >= 4 is 23.4 Å². The molecule has 0 saturated carbocycles. The third kappa shape index (κ3) is 4.25. The number of nitrogens with zero attached hydrogens (tertiary/aromatic N) is 2. The summed E-state index contributed by atoms with van der Waals surface area (Å²) in [6, 6.07) is 6.93. The second kappa shape index (κ2) is 8.17. The van der Waals surface area contributed by atoms with E-state index in [4.69, 9.17) is 18.3 Å². The topological polar surface area (TPSA) is 99.6 Å². The van der Waals surface area contributed by atoms with Gasteiger partial charge in [0, 0.05) is 6.07 Å². The molecule has 27 heavy (non-hydrogen) atoms. The molecule has 0 aliphatic heterocycles. The van der Waals surface area contributed by atoms with E-state index in [0.29, 0.717) is 34.1 Å². The summed E-state index contributed by atoms with van der Waals surface area (Å²) in [7, 11) is 3.09. The molecule has 1 aromatic carbocycles. The molecular weight excluding hydrogens is 370 g/mol. The maximum Gasteiger partial charge on any atom is 0.277 e. The van der Waals surface area contributed by atoms with Gasteiger partial charge in [0.2, 0.25) is 5.91 Å². The second-order valence-corrected chi connectivity index (χ2v) is 6.87. The first-order chi connectivity index (χ1) is 13.0. The highest BCUT2D eigenvalue weighted by Gasteiger charge is 2.21. The third-order valence-corrected chi connectivity index (χ3v) is 4.74. The molecule has 142 valence electrons. The van der Waals surface area contributed by atoms with Crippen molar-refractivity contribution in [3.05, 3.63) is 36.3 Å². The molecule has 0 aliphatic carbocycles. The largest absolute Gasteiger partial charge is 0.497 e. The summed E-state index contributed by atoms with van der Waals surface area (Å²) in [4.78, 5) is 12.5. The van der Waals surface area contributed by atoms with Gasteiger partial charge in [0.05, 0.1) is 37.0 Å². The van der Waals surface area contributed by atoms with Crippen molar-refractivity contribution in [1.29, 1.82) is 0 Å². The predicted octanol–water partition coefficient (Wildman–Crippen LogP) is 3.77. The van der Waals surface area contributed by atoms with Gasteiger partial charge in [-0.3, -0.25) is 4.79 Å². The molecule has 0 fully saturated rings. The van der Waals surface area contributed by atoms with Crippen LogP contribution in [0.5, 0.6) is 11.5 Å². The van der Waals surface area contributed by atoms with Gasteiger partial charge < -0.3 is 23.6 Å². The van der Waals surface area contributed by atoms with Gasteiger partial charge in [0.15, 0.2) is 0 Å². The number of nitrogens with one attached hydrogen (secondary N) is 1. The fourth-order valence-corrected chi connectivity index (χ4v) is 3.01. The molecule has 3 aromatic rings. The van der Waals surface area contributed by atoms with Crippen molar-refractivity contribution < 1.29 is 23.1 Å². The zero-order chi connectivity index (χ0) is 19.4. The maximum atomic E-state index is 12.5. The van der Waals surface area contributed by atoms with Crippen LogP contribution in [0.4, 0.5) is 5.69 Å². The van der Waals surface area contributed by atoms with Crippen molar-refractivity contribution in [3.63, 3.8) is 0 Å². The monoisotopic (exact) mass is 389 g/mol. The third-order valence-electron chi connectivity index (χ3n) is 3.81. The molecule has 0 bridgehead atoms. The summed E-state index contributed by atoms with van der Waals surface area (Å²) >= 11 is 1.16. The van der Waals surface area contributed by atoms with Gasteiger partial charge in [0.25, 0.3) is 11.1 Å². The Bertz CT molecular complexity index is 937. The van der Waals surface area contributed by atoms with Crippen LogP contribution in [0, 0.1) is 6.92 Å². The zero-order valence-corrected chi connectivity index (χ0v) is 16.1. The number of hydrogen-bond donors (Lipinski definition) is 1. The van der Waals surface area contributed by atoms with Crippen LogP contribution in [0.3, 0.4) is 0 Å². The number of rotatable bonds is 7. The molecule has 0 radical (unpaired) electrons. The Balaban J connectivity index is 1.68. The van der Waals surface area contributed by atoms with E-state index in [1.54, 1.807) is 44.6 Å². The van der Waals surface area contributed by atoms with Gasteiger partial charge in [-0.25, -0.2) is 0 Å². The molecule has 2 aromatic heterocycles. The molecule has 0 unspecified atom stereocenters. The van der Waals surface area contributed by atoms with E-state index in [2.05, 4.69) is 15.5 Å². The fourth-order valence-electron chi connectivity index (χ4n) is 2.32. The number of thioether (sulfide) groups is 1. The Hall–Kier alpha value is -2.94. The lowest BCUT2D eigenvalue weighted by Crippen LogP contribution is -2.22. The number of hydrogen-bond acceptors (Lipinski definition) is 8. The molecule has 0 aliphatic rings. The van der Waals surface area contributed by atoms with Gasteiger partial charge in [-0.05, 0) is 32.0 Å². The predicted molar refractivity (Wildman–Crippen MR) is 100 cm³/mol. The average Bonchev–Trinajstić information content (AvgIpc) is 3.30. The number of aromatic nitrogens is 2. The molecule has 1 N–H and O–H groups in total. The smallest absolute Gasteiger partial charge is 0.277 e. The van der Waals surface area contributed by atoms with E-state index in [-0.39, 0.29) is 5.91 Å². The van der Waals surface area contributed by atoms with Crippen molar-refractivity contribution in [2.75, 3.05) is 19.5 Å². The summed E-state index contributed by atoms with van der Waals surface area (Å²) in [5.41, 5.74) is 1.25. The van der Waals surface area contributed by atoms with Crippen molar-refractivity contribution in [2.45, 2.75) is 24.3 Å². The molecule has 8 nitrogen and oxygen atoms in total. The molecule has 1 amide bonds. The van der Waals surface area contributed by atoms with Crippen molar-refractivity contribution in [3.8, 4) is 23.0 Å². The SMILES string of the molecule is COc1ccc(OC)c(NC(=O)[C@@H](C)Sc2nnc(-c3ccoc3C)o2)c1. The highest BCUT2D eigenvalue weighted by atomic mass is 32.2. The molecule has 1 atom stereocenters. The summed E-state index contributed by atoms with van der Waals surface area (Å²) < 4.78 is 21.3. The van der Waals surface area contributed by atoms with Crippen LogP contribution in [-0.4, -0.2) is 35.6 Å². The van der Waals surface area contributed by atoms with Gasteiger partial charge in [-0.15, -0.1) is 10.2 Å². The Morgan fingerprint density at radius 2 is 2.04 bits per heavy atom. The van der Waals surface area contributed by atoms with Crippen LogP contribution in [0.2, 0.25) is 0 Å². The quantitative estimate of drug-likeness (QED) is 0.610. The first kappa shape index (κ1) is 18.8. The Morgan fingerprint density at radius 3 is 2.70 bits per heavy atom. The van der Waals surface area contributed by atoms with E-state index in [1.165, 1.54) is 7.11 Å². The molecule has 3 rings (SSSR count). The van der Waals surface area contributed by atoms with E-state index >= 15 is 0 Å².